The number of halogens is 1. The van der Waals surface area contributed by atoms with E-state index in [4.69, 9.17) is 0 Å². The average Bonchev–Trinajstić information content (AvgIpc) is 3.09. The number of thiazole rings is 1. The van der Waals surface area contributed by atoms with E-state index in [0.29, 0.717) is 11.6 Å². The van der Waals surface area contributed by atoms with Gasteiger partial charge in [0.05, 0.1) is 10.2 Å². The van der Waals surface area contributed by atoms with Gasteiger partial charge in [-0.05, 0) is 47.9 Å². The van der Waals surface area contributed by atoms with Crippen LogP contribution in [0.15, 0.2) is 65.6 Å². The molecule has 1 heterocycles. The van der Waals surface area contributed by atoms with E-state index < -0.39 is 0 Å². The Balaban J connectivity index is 1.34. The number of amides is 1. The quantitative estimate of drug-likeness (QED) is 0.316. The molecule has 1 N–H and O–H groups in total. The van der Waals surface area contributed by atoms with Gasteiger partial charge >= 0.3 is 0 Å². The summed E-state index contributed by atoms with van der Waals surface area (Å²) < 4.78 is 14.0. The fraction of sp³-hybridized carbons (Fsp3) is 0.143. The summed E-state index contributed by atoms with van der Waals surface area (Å²) in [4.78, 5) is 17.7. The highest BCUT2D eigenvalue weighted by atomic mass is 32.2. The number of hydrogen-bond acceptors (Lipinski definition) is 4. The Kier molecular flexibility index (Phi) is 5.36. The van der Waals surface area contributed by atoms with Gasteiger partial charge in [-0.3, -0.25) is 4.79 Å². The molecule has 3 nitrogen and oxygen atoms in total. The molecule has 0 radical (unpaired) electrons. The van der Waals surface area contributed by atoms with E-state index in [9.17, 15) is 9.18 Å². The van der Waals surface area contributed by atoms with Gasteiger partial charge in [0.2, 0.25) is 5.91 Å². The van der Waals surface area contributed by atoms with Crippen molar-refractivity contribution in [1.82, 2.24) is 4.98 Å². The fourth-order valence-electron chi connectivity index (χ4n) is 2.84. The maximum absolute atomic E-state index is 12.9. The van der Waals surface area contributed by atoms with Crippen LogP contribution in [0.25, 0.3) is 21.0 Å². The summed E-state index contributed by atoms with van der Waals surface area (Å²) in [5.41, 5.74) is 0.904. The molecular formula is C21H17FN2OS2. The zero-order chi connectivity index (χ0) is 18.6. The van der Waals surface area contributed by atoms with Crippen molar-refractivity contribution < 1.29 is 9.18 Å². The fourth-order valence-corrected chi connectivity index (χ4v) is 4.71. The van der Waals surface area contributed by atoms with Crippen LogP contribution in [-0.4, -0.2) is 16.6 Å². The molecular weight excluding hydrogens is 379 g/mol. The zero-order valence-electron chi connectivity index (χ0n) is 14.4. The number of hydrogen-bond donors (Lipinski definition) is 1. The minimum atomic E-state index is -0.234. The highest BCUT2D eigenvalue weighted by Crippen LogP contribution is 2.32. The molecule has 0 bridgehead atoms. The highest BCUT2D eigenvalue weighted by Gasteiger charge is 2.10. The summed E-state index contributed by atoms with van der Waals surface area (Å²) in [6, 6.07) is 18.6. The van der Waals surface area contributed by atoms with E-state index in [0.717, 1.165) is 32.7 Å². The number of nitrogens with zero attached hydrogens (tertiary/aromatic N) is 1. The topological polar surface area (TPSA) is 42.0 Å². The molecule has 27 heavy (non-hydrogen) atoms. The Bertz CT molecular complexity index is 1090. The van der Waals surface area contributed by atoms with Gasteiger partial charge in [0.15, 0.2) is 5.13 Å². The monoisotopic (exact) mass is 396 g/mol. The molecule has 6 heteroatoms. The number of benzene rings is 3. The Morgan fingerprint density at radius 1 is 1.07 bits per heavy atom. The van der Waals surface area contributed by atoms with Crippen LogP contribution in [0.5, 0.6) is 0 Å². The number of rotatable bonds is 6. The van der Waals surface area contributed by atoms with Gasteiger partial charge in [0.1, 0.15) is 5.82 Å². The molecule has 3 aromatic carbocycles. The van der Waals surface area contributed by atoms with Gasteiger partial charge in [0.25, 0.3) is 0 Å². The molecule has 0 atom stereocenters. The Labute approximate surface area is 164 Å². The van der Waals surface area contributed by atoms with Crippen LogP contribution < -0.4 is 5.32 Å². The lowest BCUT2D eigenvalue weighted by molar-refractivity contribution is -0.116. The average molecular weight is 397 g/mol. The second-order valence-electron chi connectivity index (χ2n) is 6.11. The summed E-state index contributed by atoms with van der Waals surface area (Å²) in [6.07, 6.45) is 1.19. The maximum atomic E-state index is 12.9. The lowest BCUT2D eigenvalue weighted by Crippen LogP contribution is -2.11. The highest BCUT2D eigenvalue weighted by molar-refractivity contribution is 7.99. The van der Waals surface area contributed by atoms with E-state index >= 15 is 0 Å². The summed E-state index contributed by atoms with van der Waals surface area (Å²) in [5, 5.41) is 5.88. The largest absolute Gasteiger partial charge is 0.302 e. The third-order valence-corrected chi connectivity index (χ3v) is 6.27. The molecule has 136 valence electrons. The van der Waals surface area contributed by atoms with Crippen molar-refractivity contribution >= 4 is 55.1 Å². The summed E-state index contributed by atoms with van der Waals surface area (Å²) in [6.45, 7) is 0. The first-order chi connectivity index (χ1) is 13.2. The smallest absolute Gasteiger partial charge is 0.226 e. The van der Waals surface area contributed by atoms with E-state index in [-0.39, 0.29) is 11.7 Å². The minimum absolute atomic E-state index is 0.0296. The van der Waals surface area contributed by atoms with E-state index in [1.807, 2.05) is 18.2 Å². The van der Waals surface area contributed by atoms with E-state index in [1.165, 1.54) is 28.9 Å². The van der Waals surface area contributed by atoms with E-state index in [2.05, 4.69) is 28.5 Å². The van der Waals surface area contributed by atoms with Crippen LogP contribution in [0.1, 0.15) is 12.8 Å². The van der Waals surface area contributed by atoms with Crippen LogP contribution in [0, 0.1) is 5.82 Å². The molecule has 0 spiro atoms. The summed E-state index contributed by atoms with van der Waals surface area (Å²) in [7, 11) is 0. The van der Waals surface area contributed by atoms with Crippen molar-refractivity contribution in [3.63, 3.8) is 0 Å². The van der Waals surface area contributed by atoms with Gasteiger partial charge < -0.3 is 5.32 Å². The first-order valence-corrected chi connectivity index (χ1v) is 10.5. The second kappa shape index (κ2) is 8.06. The molecule has 0 fully saturated rings. The molecule has 0 saturated carbocycles. The van der Waals surface area contributed by atoms with Crippen LogP contribution in [0.2, 0.25) is 0 Å². The van der Waals surface area contributed by atoms with Gasteiger partial charge in [-0.2, -0.15) is 0 Å². The number of anilines is 1. The van der Waals surface area contributed by atoms with Gasteiger partial charge in [0, 0.05) is 16.7 Å². The third-order valence-electron chi connectivity index (χ3n) is 4.16. The van der Waals surface area contributed by atoms with Gasteiger partial charge in [-0.1, -0.05) is 41.7 Å². The molecule has 1 aromatic heterocycles. The number of thioether (sulfide) groups is 1. The van der Waals surface area contributed by atoms with Gasteiger partial charge in [-0.15, -0.1) is 11.8 Å². The lowest BCUT2D eigenvalue weighted by atomic mass is 10.1. The SMILES string of the molecule is O=C(CCCSc1ccc(F)cc1)Nc1nc2ccc3ccccc3c2s1. The standard InChI is InChI=1S/C21H17FN2OS2/c22-15-8-10-16(11-9-15)26-13-3-6-19(25)24-21-23-18-12-7-14-4-1-2-5-17(14)20(18)27-21/h1-2,4-5,7-12H,3,6,13H2,(H,23,24,25). The van der Waals surface area contributed by atoms with E-state index in [1.54, 1.807) is 23.9 Å². The van der Waals surface area contributed by atoms with Crippen molar-refractivity contribution in [1.29, 1.82) is 0 Å². The van der Waals surface area contributed by atoms with Crippen molar-refractivity contribution in [3.8, 4) is 0 Å². The second-order valence-corrected chi connectivity index (χ2v) is 8.28. The molecule has 0 aliphatic carbocycles. The molecule has 0 unspecified atom stereocenters. The lowest BCUT2D eigenvalue weighted by Gasteiger charge is -2.02. The predicted octanol–water partition coefficient (Wildman–Crippen LogP) is 6.10. The third kappa shape index (κ3) is 4.28. The van der Waals surface area contributed by atoms with Crippen molar-refractivity contribution in [3.05, 3.63) is 66.5 Å². The summed E-state index contributed by atoms with van der Waals surface area (Å²) in [5.74, 6) is 0.546. The molecule has 1 amide bonds. The van der Waals surface area contributed by atoms with Crippen LogP contribution in [-0.2, 0) is 4.79 Å². The van der Waals surface area contributed by atoms with Crippen LogP contribution in [0.4, 0.5) is 9.52 Å². The number of nitrogens with one attached hydrogen (secondary N) is 1. The Morgan fingerprint density at radius 3 is 2.74 bits per heavy atom. The molecule has 0 aliphatic heterocycles. The van der Waals surface area contributed by atoms with Crippen LogP contribution >= 0.6 is 23.1 Å². The number of carbonyl (C=O) groups excluding carboxylic acids is 1. The van der Waals surface area contributed by atoms with Crippen molar-refractivity contribution in [2.45, 2.75) is 17.7 Å². The molecule has 0 saturated heterocycles. The first-order valence-electron chi connectivity index (χ1n) is 8.65. The minimum Gasteiger partial charge on any atom is -0.302 e. The number of aromatic nitrogens is 1. The zero-order valence-corrected chi connectivity index (χ0v) is 16.1. The molecule has 4 aromatic rings. The van der Waals surface area contributed by atoms with Crippen molar-refractivity contribution in [2.24, 2.45) is 0 Å². The normalized spacial score (nSPS) is 11.1. The summed E-state index contributed by atoms with van der Waals surface area (Å²) >= 11 is 3.13. The first kappa shape index (κ1) is 17.9. The van der Waals surface area contributed by atoms with Gasteiger partial charge in [-0.25, -0.2) is 9.37 Å². The molecule has 4 rings (SSSR count). The predicted molar refractivity (Wildman–Crippen MR) is 112 cm³/mol. The maximum Gasteiger partial charge on any atom is 0.226 e. The number of fused-ring (bicyclic) bond motifs is 3. The molecule has 0 aliphatic rings. The number of carbonyl (C=O) groups is 1. The Morgan fingerprint density at radius 2 is 1.89 bits per heavy atom. The Hall–Kier alpha value is -2.44. The van der Waals surface area contributed by atoms with Crippen LogP contribution in [0.3, 0.4) is 0 Å². The van der Waals surface area contributed by atoms with Crippen molar-refractivity contribution in [2.75, 3.05) is 11.1 Å².